The van der Waals surface area contributed by atoms with Crippen LogP contribution >= 0.6 is 0 Å². The molecule has 0 saturated heterocycles. The fourth-order valence-electron chi connectivity index (χ4n) is 2.99. The summed E-state index contributed by atoms with van der Waals surface area (Å²) in [5.74, 6) is -0.142. The maximum Gasteiger partial charge on any atom is 0.223 e. The van der Waals surface area contributed by atoms with Crippen LogP contribution in [0, 0.1) is 0 Å². The first-order chi connectivity index (χ1) is 11.9. The maximum absolute atomic E-state index is 12.5. The van der Waals surface area contributed by atoms with E-state index in [0.717, 1.165) is 18.5 Å². The molecule has 0 spiro atoms. The molecule has 134 valence electrons. The number of benzene rings is 2. The Labute approximate surface area is 150 Å². The highest BCUT2D eigenvalue weighted by Crippen LogP contribution is 2.24. The molecule has 0 fully saturated rings. The molecule has 2 aromatic rings. The maximum atomic E-state index is 12.5. The summed E-state index contributed by atoms with van der Waals surface area (Å²) in [5, 5.41) is 13.8. The van der Waals surface area contributed by atoms with Gasteiger partial charge in [-0.05, 0) is 38.6 Å². The molecule has 25 heavy (non-hydrogen) atoms. The Hall–Kier alpha value is -2.17. The Morgan fingerprint density at radius 1 is 1.08 bits per heavy atom. The second-order valence-electron chi connectivity index (χ2n) is 7.03. The lowest BCUT2D eigenvalue weighted by Gasteiger charge is -2.27. The minimum Gasteiger partial charge on any atom is -0.385 e. The van der Waals surface area contributed by atoms with E-state index < -0.39 is 5.60 Å². The van der Waals surface area contributed by atoms with Crippen molar-refractivity contribution in [1.29, 1.82) is 0 Å². The van der Waals surface area contributed by atoms with Crippen LogP contribution in [0.3, 0.4) is 0 Å². The van der Waals surface area contributed by atoms with Gasteiger partial charge < -0.3 is 15.3 Å². The lowest BCUT2D eigenvalue weighted by Crippen LogP contribution is -2.45. The molecule has 2 aromatic carbocycles. The lowest BCUT2D eigenvalue weighted by atomic mass is 9.92. The van der Waals surface area contributed by atoms with Crippen LogP contribution in [0.5, 0.6) is 0 Å². The van der Waals surface area contributed by atoms with Crippen molar-refractivity contribution in [3.05, 3.63) is 71.8 Å². The van der Waals surface area contributed by atoms with E-state index in [4.69, 9.17) is 0 Å². The monoisotopic (exact) mass is 340 g/mol. The fourth-order valence-corrected chi connectivity index (χ4v) is 2.99. The van der Waals surface area contributed by atoms with Gasteiger partial charge in [0, 0.05) is 12.6 Å². The third kappa shape index (κ3) is 6.33. The largest absolute Gasteiger partial charge is 0.385 e. The van der Waals surface area contributed by atoms with Gasteiger partial charge in [0.2, 0.25) is 5.91 Å². The number of carbonyl (C=O) groups excluding carboxylic acids is 1. The summed E-state index contributed by atoms with van der Waals surface area (Å²) in [6, 6.07) is 19.4. The van der Waals surface area contributed by atoms with Crippen LogP contribution < -0.4 is 5.32 Å². The molecule has 0 aliphatic carbocycles. The highest BCUT2D eigenvalue weighted by Gasteiger charge is 2.27. The summed E-state index contributed by atoms with van der Waals surface area (Å²) in [6.45, 7) is 2.42. The Morgan fingerprint density at radius 2 is 1.64 bits per heavy atom. The minimum absolute atomic E-state index is 0.00327. The first kappa shape index (κ1) is 19.2. The molecule has 0 aliphatic rings. The van der Waals surface area contributed by atoms with E-state index in [9.17, 15) is 9.90 Å². The minimum atomic E-state index is -1.18. The fraction of sp³-hybridized carbons (Fsp3) is 0.381. The van der Waals surface area contributed by atoms with Crippen molar-refractivity contribution in [2.24, 2.45) is 0 Å². The molecule has 2 unspecified atom stereocenters. The van der Waals surface area contributed by atoms with Gasteiger partial charge in [0.15, 0.2) is 0 Å². The molecule has 0 radical (unpaired) electrons. The quantitative estimate of drug-likeness (QED) is 0.777. The average Bonchev–Trinajstić information content (AvgIpc) is 2.55. The summed E-state index contributed by atoms with van der Waals surface area (Å²) in [5.41, 5.74) is 0.752. The Balaban J connectivity index is 2.01. The van der Waals surface area contributed by atoms with Crippen LogP contribution in [0.1, 0.15) is 24.5 Å². The van der Waals surface area contributed by atoms with Gasteiger partial charge in [0.25, 0.3) is 0 Å². The number of carbonyl (C=O) groups is 1. The van der Waals surface area contributed by atoms with E-state index >= 15 is 0 Å². The van der Waals surface area contributed by atoms with E-state index in [1.807, 2.05) is 62.6 Å². The van der Waals surface area contributed by atoms with Gasteiger partial charge in [-0.2, -0.15) is 0 Å². The third-order valence-corrected chi connectivity index (χ3v) is 4.18. The van der Waals surface area contributed by atoms with E-state index in [-0.39, 0.29) is 18.4 Å². The summed E-state index contributed by atoms with van der Waals surface area (Å²) in [4.78, 5) is 14.6. The number of amides is 1. The van der Waals surface area contributed by atoms with Gasteiger partial charge in [-0.3, -0.25) is 4.79 Å². The summed E-state index contributed by atoms with van der Waals surface area (Å²) in [6.07, 6.45) is 0.800. The molecule has 0 bridgehead atoms. The van der Waals surface area contributed by atoms with Crippen LogP contribution in [0.2, 0.25) is 0 Å². The molecule has 0 saturated carbocycles. The molecule has 2 N–H and O–H groups in total. The van der Waals surface area contributed by atoms with Crippen molar-refractivity contribution in [3.63, 3.8) is 0 Å². The highest BCUT2D eigenvalue weighted by atomic mass is 16.3. The van der Waals surface area contributed by atoms with Crippen LogP contribution in [0.15, 0.2) is 60.7 Å². The Morgan fingerprint density at radius 3 is 2.20 bits per heavy atom. The number of aliphatic hydroxyl groups is 1. The predicted molar refractivity (Wildman–Crippen MR) is 101 cm³/mol. The Kier molecular flexibility index (Phi) is 6.73. The normalized spacial score (nSPS) is 14.8. The molecule has 4 nitrogen and oxygen atoms in total. The Bertz CT molecular complexity index is 654. The molecule has 0 heterocycles. The van der Waals surface area contributed by atoms with Crippen LogP contribution in [-0.2, 0) is 16.8 Å². The topological polar surface area (TPSA) is 52.6 Å². The first-order valence-corrected chi connectivity index (χ1v) is 8.63. The molecule has 0 aliphatic heterocycles. The van der Waals surface area contributed by atoms with Gasteiger partial charge in [-0.15, -0.1) is 0 Å². The number of nitrogens with one attached hydrogen (secondary N) is 1. The lowest BCUT2D eigenvalue weighted by molar-refractivity contribution is -0.126. The second kappa shape index (κ2) is 8.79. The standard InChI is InChI=1S/C21H28N2O2/c1-21(25,18-12-8-5-9-13-18)15-20(24)22-19(16-23(2)3)14-17-10-6-4-7-11-17/h4-13,19,25H,14-16H2,1-3H3,(H,22,24). The zero-order valence-electron chi connectivity index (χ0n) is 15.3. The molecule has 0 aromatic heterocycles. The van der Waals surface area contributed by atoms with E-state index in [1.165, 1.54) is 5.56 Å². The SMILES string of the molecule is CN(C)CC(Cc1ccccc1)NC(=O)CC(C)(O)c1ccccc1. The van der Waals surface area contributed by atoms with Crippen molar-refractivity contribution in [2.75, 3.05) is 20.6 Å². The molecule has 4 heteroatoms. The smallest absolute Gasteiger partial charge is 0.223 e. The van der Waals surface area contributed by atoms with Crippen molar-refractivity contribution in [1.82, 2.24) is 10.2 Å². The van der Waals surface area contributed by atoms with Crippen molar-refractivity contribution in [2.45, 2.75) is 31.4 Å². The van der Waals surface area contributed by atoms with Crippen molar-refractivity contribution < 1.29 is 9.90 Å². The van der Waals surface area contributed by atoms with Gasteiger partial charge in [-0.25, -0.2) is 0 Å². The number of hydrogen-bond acceptors (Lipinski definition) is 3. The molecule has 2 atom stereocenters. The van der Waals surface area contributed by atoms with Gasteiger partial charge in [0.1, 0.15) is 0 Å². The summed E-state index contributed by atoms with van der Waals surface area (Å²) in [7, 11) is 3.98. The first-order valence-electron chi connectivity index (χ1n) is 8.63. The summed E-state index contributed by atoms with van der Waals surface area (Å²) >= 11 is 0. The highest BCUT2D eigenvalue weighted by molar-refractivity contribution is 5.77. The summed E-state index contributed by atoms with van der Waals surface area (Å²) < 4.78 is 0. The van der Waals surface area contributed by atoms with Gasteiger partial charge in [0.05, 0.1) is 12.0 Å². The molecular weight excluding hydrogens is 312 g/mol. The van der Waals surface area contributed by atoms with E-state index in [1.54, 1.807) is 6.92 Å². The van der Waals surface area contributed by atoms with Crippen LogP contribution in [-0.4, -0.2) is 42.6 Å². The molecule has 2 rings (SSSR count). The van der Waals surface area contributed by atoms with Gasteiger partial charge >= 0.3 is 0 Å². The zero-order valence-corrected chi connectivity index (χ0v) is 15.3. The van der Waals surface area contributed by atoms with E-state index in [0.29, 0.717) is 0 Å². The molecule has 1 amide bonds. The van der Waals surface area contributed by atoms with Crippen molar-refractivity contribution >= 4 is 5.91 Å². The number of nitrogens with zero attached hydrogens (tertiary/aromatic N) is 1. The number of rotatable bonds is 8. The number of likely N-dealkylation sites (N-methyl/N-ethyl adjacent to an activating group) is 1. The number of hydrogen-bond donors (Lipinski definition) is 2. The zero-order chi connectivity index (χ0) is 18.3. The van der Waals surface area contributed by atoms with Crippen LogP contribution in [0.25, 0.3) is 0 Å². The third-order valence-electron chi connectivity index (χ3n) is 4.18. The van der Waals surface area contributed by atoms with Gasteiger partial charge in [-0.1, -0.05) is 60.7 Å². The second-order valence-corrected chi connectivity index (χ2v) is 7.03. The molecular formula is C21H28N2O2. The van der Waals surface area contributed by atoms with E-state index in [2.05, 4.69) is 22.3 Å². The predicted octanol–water partition coefficient (Wildman–Crippen LogP) is 2.57. The van der Waals surface area contributed by atoms with Crippen LogP contribution in [0.4, 0.5) is 0 Å². The average molecular weight is 340 g/mol. The van der Waals surface area contributed by atoms with Crippen molar-refractivity contribution in [3.8, 4) is 0 Å².